The lowest BCUT2D eigenvalue weighted by molar-refractivity contribution is -0.119. The number of carbonyl (C=O) groups is 1. The summed E-state index contributed by atoms with van der Waals surface area (Å²) < 4.78 is 0. The van der Waals surface area contributed by atoms with Gasteiger partial charge in [0.05, 0.1) is 0 Å². The fraction of sp³-hybridized carbons (Fsp3) is 0.300. The zero-order valence-corrected chi connectivity index (χ0v) is 9.54. The summed E-state index contributed by atoms with van der Waals surface area (Å²) in [5.74, 6) is -0.0715. The van der Waals surface area contributed by atoms with Gasteiger partial charge in [-0.3, -0.25) is 4.79 Å². The van der Waals surface area contributed by atoms with Crippen molar-refractivity contribution < 1.29 is 4.79 Å². The molecule has 0 atom stereocenters. The summed E-state index contributed by atoms with van der Waals surface area (Å²) in [6.07, 6.45) is 0. The van der Waals surface area contributed by atoms with Gasteiger partial charge in [0.2, 0.25) is 5.91 Å². The highest BCUT2D eigenvalue weighted by Gasteiger charge is 2.03. The Morgan fingerprint density at radius 3 is 2.29 bits per heavy atom. The van der Waals surface area contributed by atoms with E-state index in [0.717, 1.165) is 11.1 Å². The minimum absolute atomic E-state index is 0.0715. The quantitative estimate of drug-likeness (QED) is 0.834. The minimum Gasteiger partial charge on any atom is -0.352 e. The minimum atomic E-state index is -0.0715. The van der Waals surface area contributed by atoms with Crippen LogP contribution in [0.15, 0.2) is 12.1 Å². The molecule has 0 saturated carbocycles. The number of amides is 1. The highest BCUT2D eigenvalue weighted by atomic mass is 35.5. The van der Waals surface area contributed by atoms with Gasteiger partial charge in [-0.15, -0.1) is 0 Å². The van der Waals surface area contributed by atoms with Crippen molar-refractivity contribution in [3.05, 3.63) is 33.3 Å². The second kappa shape index (κ2) is 4.67. The SMILES string of the molecule is CC(=O)NCc1cc(Cl)c(C)c(Cl)c1. The number of carbonyl (C=O) groups excluding carboxylic acids is 1. The molecule has 1 amide bonds. The predicted octanol–water partition coefficient (Wildman–Crippen LogP) is 2.94. The van der Waals surface area contributed by atoms with E-state index in [1.165, 1.54) is 6.92 Å². The van der Waals surface area contributed by atoms with Crippen molar-refractivity contribution in [1.29, 1.82) is 0 Å². The Morgan fingerprint density at radius 2 is 1.86 bits per heavy atom. The van der Waals surface area contributed by atoms with Gasteiger partial charge in [0.1, 0.15) is 0 Å². The number of halogens is 2. The van der Waals surface area contributed by atoms with Crippen LogP contribution in [0.4, 0.5) is 0 Å². The van der Waals surface area contributed by atoms with Crippen LogP contribution < -0.4 is 5.32 Å². The van der Waals surface area contributed by atoms with E-state index in [1.54, 1.807) is 12.1 Å². The monoisotopic (exact) mass is 231 g/mol. The molecule has 76 valence electrons. The first-order chi connectivity index (χ1) is 6.50. The molecule has 1 rings (SSSR count). The van der Waals surface area contributed by atoms with Crippen LogP contribution in [0.1, 0.15) is 18.1 Å². The number of hydrogen-bond donors (Lipinski definition) is 1. The Kier molecular flexibility index (Phi) is 3.78. The van der Waals surface area contributed by atoms with Crippen molar-refractivity contribution in [1.82, 2.24) is 5.32 Å². The van der Waals surface area contributed by atoms with Crippen molar-refractivity contribution >= 4 is 29.1 Å². The molecule has 0 saturated heterocycles. The molecule has 0 unspecified atom stereocenters. The van der Waals surface area contributed by atoms with E-state index in [9.17, 15) is 4.79 Å². The molecule has 0 heterocycles. The van der Waals surface area contributed by atoms with Crippen LogP contribution in [0.5, 0.6) is 0 Å². The molecule has 0 aliphatic carbocycles. The van der Waals surface area contributed by atoms with E-state index in [2.05, 4.69) is 5.32 Å². The van der Waals surface area contributed by atoms with Crippen molar-refractivity contribution in [2.75, 3.05) is 0 Å². The van der Waals surface area contributed by atoms with E-state index >= 15 is 0 Å². The Morgan fingerprint density at radius 1 is 1.36 bits per heavy atom. The van der Waals surface area contributed by atoms with Crippen molar-refractivity contribution in [3.8, 4) is 0 Å². The lowest BCUT2D eigenvalue weighted by atomic mass is 10.1. The van der Waals surface area contributed by atoms with Gasteiger partial charge in [-0.1, -0.05) is 23.2 Å². The van der Waals surface area contributed by atoms with Crippen molar-refractivity contribution in [2.45, 2.75) is 20.4 Å². The molecule has 1 aromatic carbocycles. The van der Waals surface area contributed by atoms with Crippen LogP contribution >= 0.6 is 23.2 Å². The van der Waals surface area contributed by atoms with Gasteiger partial charge in [-0.05, 0) is 30.2 Å². The first kappa shape index (κ1) is 11.3. The molecule has 4 heteroatoms. The summed E-state index contributed by atoms with van der Waals surface area (Å²) in [5, 5.41) is 3.93. The second-order valence-corrected chi connectivity index (χ2v) is 3.91. The summed E-state index contributed by atoms with van der Waals surface area (Å²) in [7, 11) is 0. The summed E-state index contributed by atoms with van der Waals surface area (Å²) in [6.45, 7) is 3.78. The topological polar surface area (TPSA) is 29.1 Å². The zero-order chi connectivity index (χ0) is 10.7. The van der Waals surface area contributed by atoms with E-state index in [0.29, 0.717) is 16.6 Å². The molecule has 1 aromatic rings. The third kappa shape index (κ3) is 2.89. The second-order valence-electron chi connectivity index (χ2n) is 3.09. The largest absolute Gasteiger partial charge is 0.352 e. The fourth-order valence-electron chi connectivity index (χ4n) is 1.03. The van der Waals surface area contributed by atoms with Gasteiger partial charge >= 0.3 is 0 Å². The van der Waals surface area contributed by atoms with E-state index in [1.807, 2.05) is 6.92 Å². The van der Waals surface area contributed by atoms with Crippen LogP contribution in [0.25, 0.3) is 0 Å². The summed E-state index contributed by atoms with van der Waals surface area (Å²) in [5.41, 5.74) is 1.76. The molecule has 1 N–H and O–H groups in total. The molecular weight excluding hydrogens is 221 g/mol. The smallest absolute Gasteiger partial charge is 0.217 e. The Labute approximate surface area is 93.2 Å². The molecule has 0 bridgehead atoms. The number of rotatable bonds is 2. The van der Waals surface area contributed by atoms with Gasteiger partial charge in [0.15, 0.2) is 0 Å². The van der Waals surface area contributed by atoms with E-state index in [4.69, 9.17) is 23.2 Å². The molecule has 0 radical (unpaired) electrons. The van der Waals surface area contributed by atoms with Gasteiger partial charge < -0.3 is 5.32 Å². The third-order valence-electron chi connectivity index (χ3n) is 1.88. The first-order valence-corrected chi connectivity index (χ1v) is 4.95. The van der Waals surface area contributed by atoms with Gasteiger partial charge in [0, 0.05) is 23.5 Å². The van der Waals surface area contributed by atoms with E-state index in [-0.39, 0.29) is 5.91 Å². The lowest BCUT2D eigenvalue weighted by Crippen LogP contribution is -2.18. The highest BCUT2D eigenvalue weighted by Crippen LogP contribution is 2.25. The predicted molar refractivity (Wildman–Crippen MR) is 58.7 cm³/mol. The molecule has 0 fully saturated rings. The fourth-order valence-corrected chi connectivity index (χ4v) is 1.56. The Hall–Kier alpha value is -0.730. The normalized spacial score (nSPS) is 10.0. The first-order valence-electron chi connectivity index (χ1n) is 4.19. The molecule has 0 aromatic heterocycles. The average molecular weight is 232 g/mol. The zero-order valence-electron chi connectivity index (χ0n) is 8.03. The maximum Gasteiger partial charge on any atom is 0.217 e. The van der Waals surface area contributed by atoms with Crippen molar-refractivity contribution in [2.24, 2.45) is 0 Å². The Balaban J connectivity index is 2.84. The molecule has 0 aliphatic heterocycles. The molecule has 14 heavy (non-hydrogen) atoms. The van der Waals surface area contributed by atoms with E-state index < -0.39 is 0 Å². The van der Waals surface area contributed by atoms with Gasteiger partial charge in [0.25, 0.3) is 0 Å². The summed E-state index contributed by atoms with van der Waals surface area (Å²) >= 11 is 11.9. The molecule has 0 aliphatic rings. The standard InChI is InChI=1S/C10H11Cl2NO/c1-6-9(11)3-8(4-10(6)12)5-13-7(2)14/h3-4H,5H2,1-2H3,(H,13,14). The maximum absolute atomic E-state index is 10.7. The van der Waals surface area contributed by atoms with Crippen LogP contribution in [-0.4, -0.2) is 5.91 Å². The molecular formula is C10H11Cl2NO. The summed E-state index contributed by atoms with van der Waals surface area (Å²) in [4.78, 5) is 10.7. The number of benzene rings is 1. The van der Waals surface area contributed by atoms with Crippen molar-refractivity contribution in [3.63, 3.8) is 0 Å². The Bertz CT molecular complexity index is 340. The molecule has 2 nitrogen and oxygen atoms in total. The maximum atomic E-state index is 10.7. The lowest BCUT2D eigenvalue weighted by Gasteiger charge is -2.06. The van der Waals surface area contributed by atoms with Crippen LogP contribution in [0.2, 0.25) is 10.0 Å². The van der Waals surface area contributed by atoms with Crippen LogP contribution in [-0.2, 0) is 11.3 Å². The highest BCUT2D eigenvalue weighted by molar-refractivity contribution is 6.36. The van der Waals surface area contributed by atoms with Crippen LogP contribution in [0, 0.1) is 6.92 Å². The van der Waals surface area contributed by atoms with Gasteiger partial charge in [-0.2, -0.15) is 0 Å². The third-order valence-corrected chi connectivity index (χ3v) is 2.67. The summed E-state index contributed by atoms with van der Waals surface area (Å²) in [6, 6.07) is 3.61. The average Bonchev–Trinajstić information content (AvgIpc) is 2.10. The van der Waals surface area contributed by atoms with Crippen LogP contribution in [0.3, 0.4) is 0 Å². The molecule has 0 spiro atoms. The number of hydrogen-bond acceptors (Lipinski definition) is 1. The number of nitrogens with one attached hydrogen (secondary N) is 1. The van der Waals surface area contributed by atoms with Gasteiger partial charge in [-0.25, -0.2) is 0 Å².